The summed E-state index contributed by atoms with van der Waals surface area (Å²) < 4.78 is 6.91. The molecule has 0 fully saturated rings. The van der Waals surface area contributed by atoms with Gasteiger partial charge < -0.3 is 10.1 Å². The topological polar surface area (TPSA) is 73.2 Å². The Morgan fingerprint density at radius 1 is 1.22 bits per heavy atom. The van der Waals surface area contributed by atoms with Crippen LogP contribution in [0.15, 0.2) is 24.3 Å². The van der Waals surface area contributed by atoms with E-state index in [4.69, 9.17) is 4.74 Å². The number of ether oxygens (including phenoxy) is 1. The lowest BCUT2D eigenvalue weighted by Crippen LogP contribution is -2.31. The molecule has 1 amide bonds. The second-order valence-corrected chi connectivity index (χ2v) is 6.82. The highest BCUT2D eigenvalue weighted by Gasteiger charge is 2.14. The van der Waals surface area contributed by atoms with Crippen molar-refractivity contribution in [1.82, 2.24) is 15.1 Å². The Hall–Kier alpha value is -2.63. The lowest BCUT2D eigenvalue weighted by Gasteiger charge is -2.15. The highest BCUT2D eigenvalue weighted by molar-refractivity contribution is 5.80. The summed E-state index contributed by atoms with van der Waals surface area (Å²) in [6, 6.07) is 7.99. The first-order valence-corrected chi connectivity index (χ1v) is 9.34. The molecule has 1 N–H and O–H groups in total. The Labute approximate surface area is 160 Å². The Kier molecular flexibility index (Phi) is 7.16. The molecule has 2 rings (SSSR count). The van der Waals surface area contributed by atoms with Gasteiger partial charge in [-0.1, -0.05) is 31.2 Å². The summed E-state index contributed by atoms with van der Waals surface area (Å²) in [5.74, 6) is -0.683. The third kappa shape index (κ3) is 5.67. The smallest absolute Gasteiger partial charge is 0.306 e. The lowest BCUT2D eigenvalue weighted by atomic mass is 10.1. The molecule has 1 atom stereocenters. The molecule has 1 unspecified atom stereocenters. The standard InChI is InChI=1S/C21H29N3O3/c1-6-17-7-9-18(10-8-17)14(2)22-20(25)13-27-21(26)12-11-19-15(3)23-24(5)16(19)4/h7-10,14H,6,11-13H2,1-5H3,(H,22,25). The molecule has 0 bridgehead atoms. The summed E-state index contributed by atoms with van der Waals surface area (Å²) in [6.07, 6.45) is 1.77. The van der Waals surface area contributed by atoms with Crippen LogP contribution < -0.4 is 5.32 Å². The van der Waals surface area contributed by atoms with Crippen LogP contribution in [0.5, 0.6) is 0 Å². The van der Waals surface area contributed by atoms with Crippen LogP contribution >= 0.6 is 0 Å². The molecule has 0 saturated carbocycles. The Bertz CT molecular complexity index is 794. The molecule has 1 aromatic carbocycles. The van der Waals surface area contributed by atoms with Crippen LogP contribution in [0.25, 0.3) is 0 Å². The van der Waals surface area contributed by atoms with Crippen molar-refractivity contribution in [2.45, 2.75) is 53.0 Å². The third-order valence-corrected chi connectivity index (χ3v) is 4.87. The van der Waals surface area contributed by atoms with Gasteiger partial charge in [0.05, 0.1) is 11.7 Å². The second-order valence-electron chi connectivity index (χ2n) is 6.82. The van der Waals surface area contributed by atoms with Crippen molar-refractivity contribution in [2.24, 2.45) is 7.05 Å². The van der Waals surface area contributed by atoms with Crippen LogP contribution in [0.1, 0.15) is 54.4 Å². The van der Waals surface area contributed by atoms with Crippen molar-refractivity contribution in [3.05, 3.63) is 52.3 Å². The van der Waals surface area contributed by atoms with Crippen molar-refractivity contribution < 1.29 is 14.3 Å². The summed E-state index contributed by atoms with van der Waals surface area (Å²) >= 11 is 0. The zero-order valence-electron chi connectivity index (χ0n) is 16.8. The Balaban J connectivity index is 1.76. The molecule has 0 aliphatic carbocycles. The molecule has 0 aliphatic heterocycles. The van der Waals surface area contributed by atoms with E-state index < -0.39 is 0 Å². The molecular formula is C21H29N3O3. The van der Waals surface area contributed by atoms with Gasteiger partial charge in [0, 0.05) is 19.2 Å². The van der Waals surface area contributed by atoms with Crippen LogP contribution in [0.3, 0.4) is 0 Å². The van der Waals surface area contributed by atoms with E-state index in [9.17, 15) is 9.59 Å². The van der Waals surface area contributed by atoms with Crippen molar-refractivity contribution >= 4 is 11.9 Å². The van der Waals surface area contributed by atoms with E-state index in [-0.39, 0.29) is 30.9 Å². The zero-order valence-corrected chi connectivity index (χ0v) is 16.8. The van der Waals surface area contributed by atoms with Crippen molar-refractivity contribution in [2.75, 3.05) is 6.61 Å². The zero-order chi connectivity index (χ0) is 20.0. The van der Waals surface area contributed by atoms with Gasteiger partial charge in [-0.05, 0) is 50.3 Å². The minimum absolute atomic E-state index is 0.136. The van der Waals surface area contributed by atoms with E-state index >= 15 is 0 Å². The predicted octanol–water partition coefficient (Wildman–Crippen LogP) is 2.95. The van der Waals surface area contributed by atoms with Gasteiger partial charge in [-0.3, -0.25) is 14.3 Å². The van der Waals surface area contributed by atoms with Gasteiger partial charge in [-0.15, -0.1) is 0 Å². The molecule has 27 heavy (non-hydrogen) atoms. The summed E-state index contributed by atoms with van der Waals surface area (Å²) in [7, 11) is 1.88. The van der Waals surface area contributed by atoms with Crippen LogP contribution in [0, 0.1) is 13.8 Å². The number of amides is 1. The minimum atomic E-state index is -0.382. The second kappa shape index (κ2) is 9.35. The number of aromatic nitrogens is 2. The molecular weight excluding hydrogens is 342 g/mol. The van der Waals surface area contributed by atoms with Crippen molar-refractivity contribution in [3.8, 4) is 0 Å². The number of nitrogens with one attached hydrogen (secondary N) is 1. The molecule has 6 nitrogen and oxygen atoms in total. The largest absolute Gasteiger partial charge is 0.456 e. The fourth-order valence-corrected chi connectivity index (χ4v) is 3.03. The first kappa shape index (κ1) is 20.7. The number of esters is 1. The highest BCUT2D eigenvalue weighted by atomic mass is 16.5. The van der Waals surface area contributed by atoms with Gasteiger partial charge in [0.15, 0.2) is 6.61 Å². The molecule has 0 saturated heterocycles. The van der Waals surface area contributed by atoms with Crippen LogP contribution in [0.4, 0.5) is 0 Å². The average molecular weight is 371 g/mol. The van der Waals surface area contributed by atoms with E-state index in [2.05, 4.69) is 29.5 Å². The molecule has 2 aromatic rings. The summed E-state index contributed by atoms with van der Waals surface area (Å²) in [4.78, 5) is 24.0. The van der Waals surface area contributed by atoms with Gasteiger partial charge in [-0.25, -0.2) is 0 Å². The molecule has 0 spiro atoms. The van der Waals surface area contributed by atoms with E-state index in [1.807, 2.05) is 40.0 Å². The quantitative estimate of drug-likeness (QED) is 0.724. The molecule has 6 heteroatoms. The number of hydrogen-bond acceptors (Lipinski definition) is 4. The Morgan fingerprint density at radius 2 is 1.89 bits per heavy atom. The fraction of sp³-hybridized carbons (Fsp3) is 0.476. The summed E-state index contributed by atoms with van der Waals surface area (Å²) in [5.41, 5.74) is 5.30. The van der Waals surface area contributed by atoms with Crippen molar-refractivity contribution in [1.29, 1.82) is 0 Å². The van der Waals surface area contributed by atoms with E-state index in [0.29, 0.717) is 6.42 Å². The van der Waals surface area contributed by atoms with Gasteiger partial charge in [-0.2, -0.15) is 5.10 Å². The number of hydrogen-bond donors (Lipinski definition) is 1. The van der Waals surface area contributed by atoms with Gasteiger partial charge in [0.2, 0.25) is 0 Å². The van der Waals surface area contributed by atoms with E-state index in [1.165, 1.54) is 5.56 Å². The maximum atomic E-state index is 12.0. The monoisotopic (exact) mass is 371 g/mol. The Morgan fingerprint density at radius 3 is 2.44 bits per heavy atom. The summed E-state index contributed by atoms with van der Waals surface area (Å²) in [5, 5.41) is 7.19. The number of carbonyl (C=O) groups excluding carboxylic acids is 2. The van der Waals surface area contributed by atoms with E-state index in [1.54, 1.807) is 4.68 Å². The number of aryl methyl sites for hydroxylation is 3. The summed E-state index contributed by atoms with van der Waals surface area (Å²) in [6.45, 7) is 7.65. The number of rotatable bonds is 8. The van der Waals surface area contributed by atoms with Gasteiger partial charge in [0.1, 0.15) is 0 Å². The van der Waals surface area contributed by atoms with Gasteiger partial charge >= 0.3 is 5.97 Å². The maximum absolute atomic E-state index is 12.0. The highest BCUT2D eigenvalue weighted by Crippen LogP contribution is 2.15. The third-order valence-electron chi connectivity index (χ3n) is 4.87. The normalized spacial score (nSPS) is 11.9. The van der Waals surface area contributed by atoms with Crippen LogP contribution in [-0.4, -0.2) is 28.3 Å². The number of benzene rings is 1. The number of nitrogens with zero attached hydrogens (tertiary/aromatic N) is 2. The molecule has 0 aliphatic rings. The number of carbonyl (C=O) groups is 2. The average Bonchev–Trinajstić information content (AvgIpc) is 2.90. The SMILES string of the molecule is CCc1ccc(C(C)NC(=O)COC(=O)CCc2c(C)nn(C)c2C)cc1. The fourth-order valence-electron chi connectivity index (χ4n) is 3.03. The minimum Gasteiger partial charge on any atom is -0.456 e. The molecule has 146 valence electrons. The van der Waals surface area contributed by atoms with Crippen molar-refractivity contribution in [3.63, 3.8) is 0 Å². The first-order chi connectivity index (χ1) is 12.8. The molecule has 1 aromatic heterocycles. The maximum Gasteiger partial charge on any atom is 0.306 e. The lowest BCUT2D eigenvalue weighted by molar-refractivity contribution is -0.148. The van der Waals surface area contributed by atoms with Crippen LogP contribution in [0.2, 0.25) is 0 Å². The molecule has 1 heterocycles. The van der Waals surface area contributed by atoms with Gasteiger partial charge in [0.25, 0.3) is 5.91 Å². The predicted molar refractivity (Wildman–Crippen MR) is 104 cm³/mol. The first-order valence-electron chi connectivity index (χ1n) is 9.34. The van der Waals surface area contributed by atoms with E-state index in [0.717, 1.165) is 28.9 Å². The van der Waals surface area contributed by atoms with Crippen LogP contribution in [-0.2, 0) is 34.2 Å². The molecule has 0 radical (unpaired) electrons.